The molecule has 4 heteroatoms. The quantitative estimate of drug-likeness (QED) is 0.771. The second kappa shape index (κ2) is 5.26. The molecule has 0 atom stereocenters. The highest BCUT2D eigenvalue weighted by atomic mass is 32.2. The van der Waals surface area contributed by atoms with E-state index in [1.54, 1.807) is 0 Å². The molecular weight excluding hydrogens is 242 g/mol. The van der Waals surface area contributed by atoms with Crippen molar-refractivity contribution in [2.75, 3.05) is 33.2 Å². The molecule has 18 heavy (non-hydrogen) atoms. The summed E-state index contributed by atoms with van der Waals surface area (Å²) in [6, 6.07) is 10.5. The van der Waals surface area contributed by atoms with Gasteiger partial charge >= 0.3 is 0 Å². The molecule has 1 saturated heterocycles. The molecule has 1 aromatic heterocycles. The summed E-state index contributed by atoms with van der Waals surface area (Å²) >= 11 is 1.86. The second-order valence-electron chi connectivity index (χ2n) is 4.65. The number of hydrogen-bond donors (Lipinski definition) is 0. The van der Waals surface area contributed by atoms with Crippen molar-refractivity contribution in [2.45, 2.75) is 4.90 Å². The predicted octanol–water partition coefficient (Wildman–Crippen LogP) is 2.49. The molecule has 0 unspecified atom stereocenters. The molecule has 3 rings (SSSR count). The summed E-state index contributed by atoms with van der Waals surface area (Å²) < 4.78 is 2.45. The van der Waals surface area contributed by atoms with Crippen molar-refractivity contribution in [3.05, 3.63) is 36.5 Å². The van der Waals surface area contributed by atoms with E-state index in [-0.39, 0.29) is 0 Å². The van der Waals surface area contributed by atoms with Gasteiger partial charge in [0.1, 0.15) is 0 Å². The molecule has 0 spiro atoms. The van der Waals surface area contributed by atoms with Crippen LogP contribution in [-0.2, 0) is 0 Å². The first kappa shape index (κ1) is 12.0. The average Bonchev–Trinajstić information content (AvgIpc) is 2.42. The lowest BCUT2D eigenvalue weighted by atomic mass is 10.2. The summed E-state index contributed by atoms with van der Waals surface area (Å²) in [6.45, 7) is 4.54. The first-order valence-corrected chi connectivity index (χ1v) is 7.05. The van der Waals surface area contributed by atoms with Crippen LogP contribution in [0.3, 0.4) is 0 Å². The van der Waals surface area contributed by atoms with Gasteiger partial charge in [0.15, 0.2) is 0 Å². The third-order valence-corrected chi connectivity index (χ3v) is 4.47. The maximum absolute atomic E-state index is 4.41. The Morgan fingerprint density at radius 1 is 1.06 bits per heavy atom. The Bertz CT molecular complexity index is 530. The van der Waals surface area contributed by atoms with Crippen molar-refractivity contribution in [3.8, 4) is 0 Å². The number of likely N-dealkylation sites (N-methyl/N-ethyl adjacent to an activating group) is 1. The van der Waals surface area contributed by atoms with Crippen LogP contribution in [0.15, 0.2) is 41.4 Å². The van der Waals surface area contributed by atoms with E-state index in [9.17, 15) is 0 Å². The van der Waals surface area contributed by atoms with Crippen LogP contribution >= 0.6 is 11.9 Å². The Labute approximate surface area is 112 Å². The highest BCUT2D eigenvalue weighted by Crippen LogP contribution is 2.29. The first-order valence-electron chi connectivity index (χ1n) is 6.28. The minimum Gasteiger partial charge on any atom is -0.304 e. The van der Waals surface area contributed by atoms with Crippen molar-refractivity contribution in [1.29, 1.82) is 0 Å². The van der Waals surface area contributed by atoms with Gasteiger partial charge in [-0.3, -0.25) is 4.98 Å². The first-order chi connectivity index (χ1) is 8.83. The average molecular weight is 259 g/mol. The topological polar surface area (TPSA) is 19.4 Å². The van der Waals surface area contributed by atoms with Gasteiger partial charge in [-0.15, -0.1) is 0 Å². The molecule has 0 radical (unpaired) electrons. The molecule has 0 amide bonds. The summed E-state index contributed by atoms with van der Waals surface area (Å²) in [5.41, 5.74) is 1.08. The molecule has 0 aliphatic carbocycles. The molecule has 1 fully saturated rings. The van der Waals surface area contributed by atoms with E-state index < -0.39 is 0 Å². The maximum Gasteiger partial charge on any atom is 0.0713 e. The standard InChI is InChI=1S/C14H17N3S/c1-16-8-10-17(11-9-16)18-14-6-7-15-13-5-3-2-4-12(13)14/h2-7H,8-11H2,1H3. The summed E-state index contributed by atoms with van der Waals surface area (Å²) in [5, 5.41) is 1.25. The lowest BCUT2D eigenvalue weighted by molar-refractivity contribution is 0.233. The lowest BCUT2D eigenvalue weighted by Crippen LogP contribution is -2.40. The number of fused-ring (bicyclic) bond motifs is 1. The molecule has 1 aliphatic rings. The number of piperazine rings is 1. The zero-order valence-electron chi connectivity index (χ0n) is 10.5. The number of aromatic nitrogens is 1. The van der Waals surface area contributed by atoms with Crippen molar-refractivity contribution < 1.29 is 0 Å². The van der Waals surface area contributed by atoms with Gasteiger partial charge in [0.25, 0.3) is 0 Å². The Kier molecular flexibility index (Phi) is 3.50. The molecule has 0 bridgehead atoms. The third kappa shape index (κ3) is 2.51. The van der Waals surface area contributed by atoms with Crippen LogP contribution in [0, 0.1) is 0 Å². The van der Waals surface area contributed by atoms with Crippen LogP contribution in [0.5, 0.6) is 0 Å². The van der Waals surface area contributed by atoms with Crippen molar-refractivity contribution >= 4 is 22.9 Å². The van der Waals surface area contributed by atoms with Crippen LogP contribution in [-0.4, -0.2) is 47.4 Å². The third-order valence-electron chi connectivity index (χ3n) is 3.30. The van der Waals surface area contributed by atoms with Crippen molar-refractivity contribution in [3.63, 3.8) is 0 Å². The van der Waals surface area contributed by atoms with Crippen LogP contribution in [0.1, 0.15) is 0 Å². The van der Waals surface area contributed by atoms with E-state index >= 15 is 0 Å². The number of benzene rings is 1. The second-order valence-corrected chi connectivity index (χ2v) is 5.79. The minimum atomic E-state index is 1.08. The van der Waals surface area contributed by atoms with Gasteiger partial charge in [-0.1, -0.05) is 18.2 Å². The highest BCUT2D eigenvalue weighted by molar-refractivity contribution is 7.97. The van der Waals surface area contributed by atoms with Gasteiger partial charge in [0.05, 0.1) is 5.52 Å². The zero-order chi connectivity index (χ0) is 12.4. The molecule has 3 nitrogen and oxygen atoms in total. The molecule has 0 saturated carbocycles. The van der Waals surface area contributed by atoms with Crippen molar-refractivity contribution in [2.24, 2.45) is 0 Å². The number of rotatable bonds is 2. The monoisotopic (exact) mass is 259 g/mol. The molecule has 2 aromatic rings. The number of pyridine rings is 1. The van der Waals surface area contributed by atoms with E-state index in [0.29, 0.717) is 0 Å². The van der Waals surface area contributed by atoms with E-state index in [1.807, 2.05) is 24.2 Å². The van der Waals surface area contributed by atoms with Gasteiger partial charge in [-0.2, -0.15) is 0 Å². The molecule has 2 heterocycles. The van der Waals surface area contributed by atoms with Gasteiger partial charge in [0, 0.05) is 42.7 Å². The fourth-order valence-corrected chi connectivity index (χ4v) is 3.18. The van der Waals surface area contributed by atoms with E-state index in [4.69, 9.17) is 0 Å². The Morgan fingerprint density at radius 2 is 1.83 bits per heavy atom. The van der Waals surface area contributed by atoms with E-state index in [2.05, 4.69) is 45.5 Å². The zero-order valence-corrected chi connectivity index (χ0v) is 11.4. The fourth-order valence-electron chi connectivity index (χ4n) is 2.17. The summed E-state index contributed by atoms with van der Waals surface area (Å²) in [4.78, 5) is 8.09. The molecular formula is C14H17N3S. The van der Waals surface area contributed by atoms with Gasteiger partial charge in [0.2, 0.25) is 0 Å². The number of hydrogen-bond acceptors (Lipinski definition) is 4. The van der Waals surface area contributed by atoms with E-state index in [1.165, 1.54) is 10.3 Å². The summed E-state index contributed by atoms with van der Waals surface area (Å²) in [6.07, 6.45) is 1.90. The smallest absolute Gasteiger partial charge is 0.0713 e. The summed E-state index contributed by atoms with van der Waals surface area (Å²) in [7, 11) is 2.18. The van der Waals surface area contributed by atoms with E-state index in [0.717, 1.165) is 31.7 Å². The molecule has 1 aromatic carbocycles. The lowest BCUT2D eigenvalue weighted by Gasteiger charge is -2.31. The molecule has 94 valence electrons. The van der Waals surface area contributed by atoms with Crippen LogP contribution in [0.2, 0.25) is 0 Å². The normalized spacial score (nSPS) is 18.3. The van der Waals surface area contributed by atoms with Gasteiger partial charge < -0.3 is 4.90 Å². The fraction of sp³-hybridized carbons (Fsp3) is 0.357. The van der Waals surface area contributed by atoms with Gasteiger partial charge in [-0.25, -0.2) is 4.31 Å². The Hall–Kier alpha value is -1.10. The van der Waals surface area contributed by atoms with Crippen LogP contribution in [0.4, 0.5) is 0 Å². The Balaban J connectivity index is 1.82. The Morgan fingerprint density at radius 3 is 2.67 bits per heavy atom. The SMILES string of the molecule is CN1CCN(Sc2ccnc3ccccc23)CC1. The van der Waals surface area contributed by atoms with Crippen LogP contribution in [0.25, 0.3) is 10.9 Å². The minimum absolute atomic E-state index is 1.08. The number of nitrogens with zero attached hydrogens (tertiary/aromatic N) is 3. The molecule has 1 aliphatic heterocycles. The molecule has 0 N–H and O–H groups in total. The predicted molar refractivity (Wildman–Crippen MR) is 76.7 cm³/mol. The van der Waals surface area contributed by atoms with Crippen LogP contribution < -0.4 is 0 Å². The number of para-hydroxylation sites is 1. The maximum atomic E-state index is 4.41. The largest absolute Gasteiger partial charge is 0.304 e. The highest BCUT2D eigenvalue weighted by Gasteiger charge is 2.15. The summed E-state index contributed by atoms with van der Waals surface area (Å²) in [5.74, 6) is 0. The van der Waals surface area contributed by atoms with Crippen molar-refractivity contribution in [1.82, 2.24) is 14.2 Å². The van der Waals surface area contributed by atoms with Gasteiger partial charge in [-0.05, 0) is 31.1 Å².